The fourth-order valence-corrected chi connectivity index (χ4v) is 3.07. The van der Waals surface area contributed by atoms with Gasteiger partial charge in [-0.05, 0) is 40.7 Å². The molecule has 3 aromatic rings. The number of carbonyl (C=O) groups is 1. The van der Waals surface area contributed by atoms with Crippen molar-refractivity contribution in [1.29, 1.82) is 0 Å². The van der Waals surface area contributed by atoms with E-state index in [9.17, 15) is 9.90 Å². The summed E-state index contributed by atoms with van der Waals surface area (Å²) >= 11 is 0. The zero-order valence-corrected chi connectivity index (χ0v) is 16.0. The van der Waals surface area contributed by atoms with E-state index in [-0.39, 0.29) is 5.41 Å². The summed E-state index contributed by atoms with van der Waals surface area (Å²) < 4.78 is 0. The van der Waals surface area contributed by atoms with Gasteiger partial charge in [0.15, 0.2) is 0 Å². The van der Waals surface area contributed by atoms with Crippen molar-refractivity contribution in [3.05, 3.63) is 65.2 Å². The highest BCUT2D eigenvalue weighted by Gasteiger charge is 2.16. The lowest BCUT2D eigenvalue weighted by Crippen LogP contribution is -2.10. The Hall–Kier alpha value is -2.68. The van der Waals surface area contributed by atoms with Gasteiger partial charge in [-0.1, -0.05) is 65.0 Å². The molecule has 0 bridgehead atoms. The number of fused-ring (bicyclic) bond motifs is 1. The standard InChI is InChI=1S/C23H25NO2/c1-14(2)16-8-11-20-18(12-16)19(22(25)26)13-21(24-20)15-6-9-17(10-7-15)23(3,4)5/h6-14H,1-5H3,(H,25,26). The van der Waals surface area contributed by atoms with Crippen LogP contribution in [0, 0.1) is 0 Å². The summed E-state index contributed by atoms with van der Waals surface area (Å²) in [6.07, 6.45) is 0. The molecule has 3 nitrogen and oxygen atoms in total. The van der Waals surface area contributed by atoms with Crippen molar-refractivity contribution in [2.45, 2.75) is 46.0 Å². The van der Waals surface area contributed by atoms with Gasteiger partial charge in [-0.3, -0.25) is 0 Å². The van der Waals surface area contributed by atoms with Gasteiger partial charge >= 0.3 is 5.97 Å². The number of aromatic nitrogens is 1. The number of hydrogen-bond acceptors (Lipinski definition) is 2. The first-order chi connectivity index (χ1) is 12.2. The van der Waals surface area contributed by atoms with Crippen molar-refractivity contribution in [2.24, 2.45) is 0 Å². The van der Waals surface area contributed by atoms with E-state index in [1.807, 2.05) is 30.3 Å². The number of benzene rings is 2. The van der Waals surface area contributed by atoms with Crippen LogP contribution >= 0.6 is 0 Å². The molecule has 0 aliphatic heterocycles. The molecule has 3 heteroatoms. The maximum absolute atomic E-state index is 11.8. The van der Waals surface area contributed by atoms with Crippen LogP contribution in [0.5, 0.6) is 0 Å². The highest BCUT2D eigenvalue weighted by Crippen LogP contribution is 2.29. The summed E-state index contributed by atoms with van der Waals surface area (Å²) in [5.41, 5.74) is 5.06. The monoisotopic (exact) mass is 347 g/mol. The van der Waals surface area contributed by atoms with Crippen LogP contribution in [0.4, 0.5) is 0 Å². The second-order valence-electron chi connectivity index (χ2n) is 8.12. The summed E-state index contributed by atoms with van der Waals surface area (Å²) in [5, 5.41) is 10.4. The molecule has 0 radical (unpaired) electrons. The van der Waals surface area contributed by atoms with Crippen LogP contribution in [0.25, 0.3) is 22.2 Å². The summed E-state index contributed by atoms with van der Waals surface area (Å²) in [6.45, 7) is 10.7. The van der Waals surface area contributed by atoms with Crippen LogP contribution in [0.15, 0.2) is 48.5 Å². The molecule has 0 spiro atoms. The van der Waals surface area contributed by atoms with Crippen LogP contribution < -0.4 is 0 Å². The van der Waals surface area contributed by atoms with Gasteiger partial charge in [0.25, 0.3) is 0 Å². The van der Waals surface area contributed by atoms with E-state index in [2.05, 4.69) is 46.8 Å². The predicted molar refractivity (Wildman–Crippen MR) is 107 cm³/mol. The van der Waals surface area contributed by atoms with E-state index in [0.717, 1.165) is 11.1 Å². The second-order valence-corrected chi connectivity index (χ2v) is 8.12. The normalized spacial score (nSPS) is 11.9. The van der Waals surface area contributed by atoms with Crippen molar-refractivity contribution in [3.63, 3.8) is 0 Å². The minimum atomic E-state index is -0.925. The molecular formula is C23H25NO2. The molecule has 0 fully saturated rings. The molecule has 134 valence electrons. The molecule has 0 aliphatic rings. The van der Waals surface area contributed by atoms with Crippen molar-refractivity contribution in [1.82, 2.24) is 4.98 Å². The van der Waals surface area contributed by atoms with Crippen molar-refractivity contribution in [2.75, 3.05) is 0 Å². The van der Waals surface area contributed by atoms with Gasteiger partial charge in [-0.2, -0.15) is 0 Å². The first-order valence-corrected chi connectivity index (χ1v) is 8.96. The van der Waals surface area contributed by atoms with Crippen LogP contribution in [0.3, 0.4) is 0 Å². The van der Waals surface area contributed by atoms with Gasteiger partial charge in [-0.25, -0.2) is 9.78 Å². The Morgan fingerprint density at radius 3 is 2.19 bits per heavy atom. The third kappa shape index (κ3) is 3.48. The first-order valence-electron chi connectivity index (χ1n) is 8.96. The Labute approximate surface area is 154 Å². The summed E-state index contributed by atoms with van der Waals surface area (Å²) in [6, 6.07) is 15.8. The maximum Gasteiger partial charge on any atom is 0.336 e. The van der Waals surface area contributed by atoms with Gasteiger partial charge in [0.05, 0.1) is 16.8 Å². The van der Waals surface area contributed by atoms with Gasteiger partial charge in [0, 0.05) is 10.9 Å². The zero-order chi connectivity index (χ0) is 19.1. The zero-order valence-electron chi connectivity index (χ0n) is 16.0. The Kier molecular flexibility index (Phi) is 4.57. The number of pyridine rings is 1. The Balaban J connectivity index is 2.15. The molecule has 0 unspecified atom stereocenters. The van der Waals surface area contributed by atoms with E-state index in [4.69, 9.17) is 4.98 Å². The number of hydrogen-bond donors (Lipinski definition) is 1. The minimum Gasteiger partial charge on any atom is -0.478 e. The summed E-state index contributed by atoms with van der Waals surface area (Å²) in [4.78, 5) is 16.6. The van der Waals surface area contributed by atoms with E-state index in [1.54, 1.807) is 6.07 Å². The topological polar surface area (TPSA) is 50.2 Å². The predicted octanol–water partition coefficient (Wildman–Crippen LogP) is 6.02. The van der Waals surface area contributed by atoms with Crippen molar-refractivity contribution < 1.29 is 9.90 Å². The molecule has 0 saturated carbocycles. The average molecular weight is 347 g/mol. The Morgan fingerprint density at radius 1 is 1.00 bits per heavy atom. The number of nitrogens with zero attached hydrogens (tertiary/aromatic N) is 1. The molecular weight excluding hydrogens is 322 g/mol. The molecule has 1 aromatic heterocycles. The SMILES string of the molecule is CC(C)c1ccc2nc(-c3ccc(C(C)(C)C)cc3)cc(C(=O)O)c2c1. The fraction of sp³-hybridized carbons (Fsp3) is 0.304. The molecule has 0 atom stereocenters. The maximum atomic E-state index is 11.8. The lowest BCUT2D eigenvalue weighted by atomic mass is 9.86. The Bertz CT molecular complexity index is 964. The van der Waals surface area contributed by atoms with Gasteiger partial charge in [0.1, 0.15) is 0 Å². The molecule has 2 aromatic carbocycles. The molecule has 0 saturated heterocycles. The third-order valence-corrected chi connectivity index (χ3v) is 4.78. The highest BCUT2D eigenvalue weighted by atomic mass is 16.4. The number of aromatic carboxylic acids is 1. The van der Waals surface area contributed by atoms with Gasteiger partial charge in [-0.15, -0.1) is 0 Å². The number of rotatable bonds is 3. The van der Waals surface area contributed by atoms with Crippen molar-refractivity contribution >= 4 is 16.9 Å². The van der Waals surface area contributed by atoms with E-state index in [1.165, 1.54) is 5.56 Å². The van der Waals surface area contributed by atoms with Crippen LogP contribution in [-0.2, 0) is 5.41 Å². The van der Waals surface area contributed by atoms with Crippen LogP contribution in [0.1, 0.15) is 62.0 Å². The highest BCUT2D eigenvalue weighted by molar-refractivity contribution is 6.04. The lowest BCUT2D eigenvalue weighted by molar-refractivity contribution is 0.0699. The number of carboxylic acid groups (broad SMARTS) is 1. The fourth-order valence-electron chi connectivity index (χ4n) is 3.07. The lowest BCUT2D eigenvalue weighted by Gasteiger charge is -2.19. The molecule has 26 heavy (non-hydrogen) atoms. The van der Waals surface area contributed by atoms with Gasteiger partial charge in [0.2, 0.25) is 0 Å². The van der Waals surface area contributed by atoms with Crippen molar-refractivity contribution in [3.8, 4) is 11.3 Å². The summed E-state index contributed by atoms with van der Waals surface area (Å²) in [5.74, 6) is -0.587. The minimum absolute atomic E-state index is 0.0782. The summed E-state index contributed by atoms with van der Waals surface area (Å²) in [7, 11) is 0. The first kappa shape index (κ1) is 18.1. The third-order valence-electron chi connectivity index (χ3n) is 4.78. The molecule has 3 rings (SSSR count). The molecule has 0 amide bonds. The average Bonchev–Trinajstić information content (AvgIpc) is 2.59. The smallest absolute Gasteiger partial charge is 0.336 e. The second kappa shape index (κ2) is 6.56. The quantitative estimate of drug-likeness (QED) is 0.630. The number of carboxylic acids is 1. The van der Waals surface area contributed by atoms with Crippen LogP contribution in [-0.4, -0.2) is 16.1 Å². The van der Waals surface area contributed by atoms with E-state index < -0.39 is 5.97 Å². The largest absolute Gasteiger partial charge is 0.478 e. The molecule has 1 heterocycles. The van der Waals surface area contributed by atoms with E-state index in [0.29, 0.717) is 28.1 Å². The molecule has 0 aliphatic carbocycles. The van der Waals surface area contributed by atoms with Gasteiger partial charge < -0.3 is 5.11 Å². The Morgan fingerprint density at radius 2 is 1.65 bits per heavy atom. The van der Waals surface area contributed by atoms with Crippen LogP contribution in [0.2, 0.25) is 0 Å². The molecule has 1 N–H and O–H groups in total. The van der Waals surface area contributed by atoms with E-state index >= 15 is 0 Å².